The molecule has 2 rings (SSSR count). The van der Waals surface area contributed by atoms with Crippen molar-refractivity contribution >= 4 is 15.9 Å². The minimum Gasteiger partial charge on any atom is -0.310 e. The Labute approximate surface area is 135 Å². The van der Waals surface area contributed by atoms with Crippen LogP contribution < -0.4 is 5.32 Å². The van der Waals surface area contributed by atoms with E-state index in [1.165, 1.54) is 16.7 Å². The Balaban J connectivity index is 2.20. The van der Waals surface area contributed by atoms with E-state index in [2.05, 4.69) is 71.5 Å². The number of halogens is 1. The SMILES string of the molecule is CCCNC(Cc1cnn(CC)c1)c1cc(C)cc(Br)c1. The molecular formula is C17H24BrN3. The lowest BCUT2D eigenvalue weighted by atomic mass is 9.99. The van der Waals surface area contributed by atoms with Crippen LogP contribution in [0.25, 0.3) is 0 Å². The van der Waals surface area contributed by atoms with E-state index in [9.17, 15) is 0 Å². The second kappa shape index (κ2) is 7.76. The summed E-state index contributed by atoms with van der Waals surface area (Å²) in [5, 5.41) is 8.03. The fraction of sp³-hybridized carbons (Fsp3) is 0.471. The van der Waals surface area contributed by atoms with Gasteiger partial charge in [-0.1, -0.05) is 28.9 Å². The molecule has 0 bridgehead atoms. The third-order valence-corrected chi connectivity index (χ3v) is 4.02. The molecule has 0 saturated carbocycles. The topological polar surface area (TPSA) is 29.9 Å². The molecule has 114 valence electrons. The summed E-state index contributed by atoms with van der Waals surface area (Å²) >= 11 is 3.61. The van der Waals surface area contributed by atoms with Crippen molar-refractivity contribution in [2.24, 2.45) is 0 Å². The molecule has 1 unspecified atom stereocenters. The summed E-state index contributed by atoms with van der Waals surface area (Å²) in [6.45, 7) is 8.40. The number of benzene rings is 1. The Morgan fingerprint density at radius 2 is 2.10 bits per heavy atom. The number of aromatic nitrogens is 2. The van der Waals surface area contributed by atoms with Crippen molar-refractivity contribution in [3.8, 4) is 0 Å². The molecule has 3 nitrogen and oxygen atoms in total. The number of hydrogen-bond acceptors (Lipinski definition) is 2. The molecule has 0 aliphatic rings. The third-order valence-electron chi connectivity index (χ3n) is 3.56. The van der Waals surface area contributed by atoms with Crippen molar-refractivity contribution in [3.63, 3.8) is 0 Å². The molecule has 21 heavy (non-hydrogen) atoms. The summed E-state index contributed by atoms with van der Waals surface area (Å²) in [6.07, 6.45) is 6.23. The highest BCUT2D eigenvalue weighted by atomic mass is 79.9. The van der Waals surface area contributed by atoms with Crippen LogP contribution in [-0.4, -0.2) is 16.3 Å². The Hall–Kier alpha value is -1.13. The first-order chi connectivity index (χ1) is 10.1. The average Bonchev–Trinajstić information content (AvgIpc) is 2.90. The van der Waals surface area contributed by atoms with Crippen LogP contribution in [0.3, 0.4) is 0 Å². The first-order valence-electron chi connectivity index (χ1n) is 7.64. The molecule has 1 aromatic carbocycles. The van der Waals surface area contributed by atoms with Crippen LogP contribution in [0.15, 0.2) is 35.1 Å². The molecular weight excluding hydrogens is 326 g/mol. The van der Waals surface area contributed by atoms with Crippen LogP contribution in [-0.2, 0) is 13.0 Å². The molecule has 0 fully saturated rings. The zero-order chi connectivity index (χ0) is 15.2. The van der Waals surface area contributed by atoms with Gasteiger partial charge >= 0.3 is 0 Å². The van der Waals surface area contributed by atoms with Gasteiger partial charge in [-0.25, -0.2) is 0 Å². The summed E-state index contributed by atoms with van der Waals surface area (Å²) in [5.74, 6) is 0. The van der Waals surface area contributed by atoms with E-state index in [4.69, 9.17) is 0 Å². The summed E-state index contributed by atoms with van der Waals surface area (Å²) in [7, 11) is 0. The van der Waals surface area contributed by atoms with E-state index in [0.717, 1.165) is 30.4 Å². The Bertz CT molecular complexity index is 557. The van der Waals surface area contributed by atoms with Crippen molar-refractivity contribution in [2.45, 2.75) is 46.2 Å². The molecule has 0 amide bonds. The highest BCUT2D eigenvalue weighted by Crippen LogP contribution is 2.23. The average molecular weight is 350 g/mol. The molecule has 4 heteroatoms. The fourth-order valence-electron chi connectivity index (χ4n) is 2.51. The molecule has 1 N–H and O–H groups in total. The van der Waals surface area contributed by atoms with Crippen molar-refractivity contribution < 1.29 is 0 Å². The second-order valence-corrected chi connectivity index (χ2v) is 6.39. The van der Waals surface area contributed by atoms with Crippen LogP contribution in [0.4, 0.5) is 0 Å². The molecule has 1 atom stereocenters. The van der Waals surface area contributed by atoms with Crippen molar-refractivity contribution in [3.05, 3.63) is 51.8 Å². The zero-order valence-corrected chi connectivity index (χ0v) is 14.7. The van der Waals surface area contributed by atoms with Gasteiger partial charge in [0.1, 0.15) is 0 Å². The smallest absolute Gasteiger partial charge is 0.0522 e. The van der Waals surface area contributed by atoms with Gasteiger partial charge in [-0.2, -0.15) is 5.10 Å². The van der Waals surface area contributed by atoms with Crippen molar-refractivity contribution in [1.29, 1.82) is 0 Å². The lowest BCUT2D eigenvalue weighted by Gasteiger charge is -2.19. The van der Waals surface area contributed by atoms with Gasteiger partial charge in [0.2, 0.25) is 0 Å². The first-order valence-corrected chi connectivity index (χ1v) is 8.43. The van der Waals surface area contributed by atoms with Crippen molar-refractivity contribution in [2.75, 3.05) is 6.54 Å². The van der Waals surface area contributed by atoms with Crippen molar-refractivity contribution in [1.82, 2.24) is 15.1 Å². The van der Waals surface area contributed by atoms with E-state index in [1.54, 1.807) is 0 Å². The lowest BCUT2D eigenvalue weighted by Crippen LogP contribution is -2.24. The monoisotopic (exact) mass is 349 g/mol. The number of nitrogens with one attached hydrogen (secondary N) is 1. The number of hydrogen-bond donors (Lipinski definition) is 1. The standard InChI is InChI=1S/C17H24BrN3/c1-4-6-19-17(9-14-11-20-21(5-2)12-14)15-7-13(3)8-16(18)10-15/h7-8,10-12,17,19H,4-6,9H2,1-3H3. The summed E-state index contributed by atoms with van der Waals surface area (Å²) in [4.78, 5) is 0. The zero-order valence-electron chi connectivity index (χ0n) is 13.1. The van der Waals surface area contributed by atoms with Crippen LogP contribution in [0.5, 0.6) is 0 Å². The quantitative estimate of drug-likeness (QED) is 0.809. The molecule has 0 radical (unpaired) electrons. The molecule has 0 spiro atoms. The highest BCUT2D eigenvalue weighted by Gasteiger charge is 2.13. The maximum absolute atomic E-state index is 4.38. The Morgan fingerprint density at radius 3 is 2.71 bits per heavy atom. The first kappa shape index (κ1) is 16.2. The maximum atomic E-state index is 4.38. The molecule has 1 heterocycles. The molecule has 0 aliphatic carbocycles. The number of aryl methyl sites for hydroxylation is 2. The van der Waals surface area contributed by atoms with E-state index in [0.29, 0.717) is 6.04 Å². The minimum atomic E-state index is 0.329. The van der Waals surface area contributed by atoms with Crippen LogP contribution in [0.2, 0.25) is 0 Å². The molecule has 2 aromatic rings. The van der Waals surface area contributed by atoms with Gasteiger partial charge in [-0.15, -0.1) is 0 Å². The summed E-state index contributed by atoms with van der Waals surface area (Å²) in [5.41, 5.74) is 3.90. The number of rotatable bonds is 7. The van der Waals surface area contributed by atoms with Crippen LogP contribution >= 0.6 is 15.9 Å². The lowest BCUT2D eigenvalue weighted by molar-refractivity contribution is 0.528. The normalized spacial score (nSPS) is 12.6. The Kier molecular flexibility index (Phi) is 6.00. The largest absolute Gasteiger partial charge is 0.310 e. The van der Waals surface area contributed by atoms with Gasteiger partial charge in [-0.3, -0.25) is 4.68 Å². The fourth-order valence-corrected chi connectivity index (χ4v) is 3.14. The van der Waals surface area contributed by atoms with Gasteiger partial charge in [-0.05, 0) is 62.1 Å². The highest BCUT2D eigenvalue weighted by molar-refractivity contribution is 9.10. The summed E-state index contributed by atoms with van der Waals surface area (Å²) in [6, 6.07) is 6.96. The minimum absolute atomic E-state index is 0.329. The van der Waals surface area contributed by atoms with E-state index in [-0.39, 0.29) is 0 Å². The molecule has 0 saturated heterocycles. The van der Waals surface area contributed by atoms with Gasteiger partial charge in [0, 0.05) is 23.3 Å². The van der Waals surface area contributed by atoms with E-state index < -0.39 is 0 Å². The predicted molar refractivity (Wildman–Crippen MR) is 91.5 cm³/mol. The van der Waals surface area contributed by atoms with E-state index in [1.807, 2.05) is 10.9 Å². The van der Waals surface area contributed by atoms with Gasteiger partial charge < -0.3 is 5.32 Å². The maximum Gasteiger partial charge on any atom is 0.0522 e. The number of nitrogens with zero attached hydrogens (tertiary/aromatic N) is 2. The molecule has 1 aromatic heterocycles. The third kappa shape index (κ3) is 4.68. The van der Waals surface area contributed by atoms with Crippen LogP contribution in [0.1, 0.15) is 43.0 Å². The predicted octanol–water partition coefficient (Wildman–Crippen LogP) is 4.26. The van der Waals surface area contributed by atoms with Crippen LogP contribution in [0, 0.1) is 6.92 Å². The second-order valence-electron chi connectivity index (χ2n) is 5.48. The van der Waals surface area contributed by atoms with Gasteiger partial charge in [0.05, 0.1) is 6.20 Å². The Morgan fingerprint density at radius 1 is 1.29 bits per heavy atom. The summed E-state index contributed by atoms with van der Waals surface area (Å²) < 4.78 is 3.13. The molecule has 0 aliphatic heterocycles. The van der Waals surface area contributed by atoms with E-state index >= 15 is 0 Å². The van der Waals surface area contributed by atoms with Gasteiger partial charge in [0.15, 0.2) is 0 Å². The van der Waals surface area contributed by atoms with Gasteiger partial charge in [0.25, 0.3) is 0 Å².